The molecule has 120 valence electrons. The third kappa shape index (κ3) is 2.80. The van der Waals surface area contributed by atoms with Gasteiger partial charge in [-0.05, 0) is 29.5 Å². The SMILES string of the molecule is OC1(c2ccc(-c3ccccc3)cc2)CCC2(CC1)OCCO2. The normalized spacial score (nSPS) is 22.3. The van der Waals surface area contributed by atoms with Crippen molar-refractivity contribution < 1.29 is 14.6 Å². The molecule has 0 radical (unpaired) electrons. The van der Waals surface area contributed by atoms with Crippen molar-refractivity contribution in [1.29, 1.82) is 0 Å². The monoisotopic (exact) mass is 310 g/mol. The molecule has 0 bridgehead atoms. The first-order valence-corrected chi connectivity index (χ1v) is 8.36. The molecule has 1 saturated carbocycles. The standard InChI is InChI=1S/C20H22O3/c21-19(10-12-20(13-11-19)22-14-15-23-20)18-8-6-17(7-9-18)16-4-2-1-3-5-16/h1-9,21H,10-15H2. The first-order valence-electron chi connectivity index (χ1n) is 8.36. The predicted molar refractivity (Wildman–Crippen MR) is 88.9 cm³/mol. The van der Waals surface area contributed by atoms with Crippen LogP contribution in [-0.2, 0) is 15.1 Å². The average molecular weight is 310 g/mol. The summed E-state index contributed by atoms with van der Waals surface area (Å²) in [4.78, 5) is 0. The topological polar surface area (TPSA) is 38.7 Å². The third-order valence-electron chi connectivity index (χ3n) is 5.18. The summed E-state index contributed by atoms with van der Waals surface area (Å²) in [7, 11) is 0. The van der Waals surface area contributed by atoms with Gasteiger partial charge in [0.05, 0.1) is 18.8 Å². The van der Waals surface area contributed by atoms with Crippen LogP contribution in [0.15, 0.2) is 54.6 Å². The fourth-order valence-electron chi connectivity index (χ4n) is 3.72. The van der Waals surface area contributed by atoms with Gasteiger partial charge in [0.25, 0.3) is 0 Å². The van der Waals surface area contributed by atoms with Gasteiger partial charge in [0.15, 0.2) is 5.79 Å². The molecule has 0 unspecified atom stereocenters. The lowest BCUT2D eigenvalue weighted by Gasteiger charge is -2.40. The molecular weight excluding hydrogens is 288 g/mol. The van der Waals surface area contributed by atoms with Crippen LogP contribution in [0.4, 0.5) is 0 Å². The second-order valence-electron chi connectivity index (χ2n) is 6.58. The molecule has 1 heterocycles. The fraction of sp³-hybridized carbons (Fsp3) is 0.400. The lowest BCUT2D eigenvalue weighted by atomic mass is 9.77. The highest BCUT2D eigenvalue weighted by Crippen LogP contribution is 2.45. The Bertz CT molecular complexity index is 647. The minimum Gasteiger partial charge on any atom is -0.385 e. The van der Waals surface area contributed by atoms with Gasteiger partial charge in [-0.25, -0.2) is 0 Å². The predicted octanol–water partition coefficient (Wildman–Crippen LogP) is 3.86. The second-order valence-corrected chi connectivity index (χ2v) is 6.58. The zero-order chi connectivity index (χ0) is 15.8. The molecule has 2 aromatic carbocycles. The van der Waals surface area contributed by atoms with Crippen LogP contribution in [0.5, 0.6) is 0 Å². The maximum atomic E-state index is 11.0. The average Bonchev–Trinajstić information content (AvgIpc) is 3.08. The molecule has 1 aliphatic carbocycles. The lowest BCUT2D eigenvalue weighted by Crippen LogP contribution is -2.42. The van der Waals surface area contributed by atoms with Crippen LogP contribution in [0.3, 0.4) is 0 Å². The van der Waals surface area contributed by atoms with E-state index >= 15 is 0 Å². The molecule has 2 aromatic rings. The van der Waals surface area contributed by atoms with E-state index in [0.717, 1.165) is 18.4 Å². The first-order chi connectivity index (χ1) is 11.2. The van der Waals surface area contributed by atoms with Crippen LogP contribution in [0.25, 0.3) is 11.1 Å². The van der Waals surface area contributed by atoms with E-state index in [9.17, 15) is 5.11 Å². The molecule has 3 heteroatoms. The number of rotatable bonds is 2. The molecule has 1 N–H and O–H groups in total. The molecule has 3 nitrogen and oxygen atoms in total. The van der Waals surface area contributed by atoms with Gasteiger partial charge in [0, 0.05) is 12.8 Å². The molecule has 2 aliphatic rings. The number of ether oxygens (including phenoxy) is 2. The van der Waals surface area contributed by atoms with E-state index in [1.54, 1.807) is 0 Å². The second kappa shape index (κ2) is 5.75. The van der Waals surface area contributed by atoms with E-state index in [1.165, 1.54) is 11.1 Å². The van der Waals surface area contributed by atoms with Crippen molar-refractivity contribution >= 4 is 0 Å². The van der Waals surface area contributed by atoms with Crippen molar-refractivity contribution in [1.82, 2.24) is 0 Å². The Kier molecular flexibility index (Phi) is 3.72. The molecule has 1 aliphatic heterocycles. The van der Waals surface area contributed by atoms with Gasteiger partial charge in [-0.15, -0.1) is 0 Å². The summed E-state index contributed by atoms with van der Waals surface area (Å²) in [6.45, 7) is 1.34. The maximum absolute atomic E-state index is 11.0. The minimum atomic E-state index is -0.768. The Balaban J connectivity index is 1.52. The Morgan fingerprint density at radius 1 is 0.696 bits per heavy atom. The Morgan fingerprint density at radius 2 is 1.26 bits per heavy atom. The van der Waals surface area contributed by atoms with Gasteiger partial charge in [-0.3, -0.25) is 0 Å². The van der Waals surface area contributed by atoms with Gasteiger partial charge in [-0.2, -0.15) is 0 Å². The summed E-state index contributed by atoms with van der Waals surface area (Å²) in [6, 6.07) is 18.6. The Morgan fingerprint density at radius 3 is 1.87 bits per heavy atom. The van der Waals surface area contributed by atoms with Crippen LogP contribution in [0, 0.1) is 0 Å². The summed E-state index contributed by atoms with van der Waals surface area (Å²) in [5.41, 5.74) is 2.59. The van der Waals surface area contributed by atoms with Crippen molar-refractivity contribution in [2.75, 3.05) is 13.2 Å². The summed E-state index contributed by atoms with van der Waals surface area (Å²) in [5.74, 6) is -0.434. The van der Waals surface area contributed by atoms with E-state index in [0.29, 0.717) is 26.1 Å². The van der Waals surface area contributed by atoms with Crippen LogP contribution in [0.1, 0.15) is 31.2 Å². The van der Waals surface area contributed by atoms with Crippen LogP contribution < -0.4 is 0 Å². The van der Waals surface area contributed by atoms with E-state index < -0.39 is 11.4 Å². The van der Waals surface area contributed by atoms with Crippen molar-refractivity contribution in [3.63, 3.8) is 0 Å². The van der Waals surface area contributed by atoms with Gasteiger partial charge in [0.1, 0.15) is 0 Å². The van der Waals surface area contributed by atoms with E-state index in [4.69, 9.17) is 9.47 Å². The quantitative estimate of drug-likeness (QED) is 0.915. The van der Waals surface area contributed by atoms with Crippen molar-refractivity contribution in [3.05, 3.63) is 60.2 Å². The summed E-state index contributed by atoms with van der Waals surface area (Å²) in [5, 5.41) is 11.0. The molecule has 1 spiro atoms. The third-order valence-corrected chi connectivity index (χ3v) is 5.18. The number of aliphatic hydroxyl groups is 1. The number of benzene rings is 2. The molecule has 0 aromatic heterocycles. The minimum absolute atomic E-state index is 0.434. The molecule has 0 atom stereocenters. The largest absolute Gasteiger partial charge is 0.385 e. The number of hydrogen-bond donors (Lipinski definition) is 1. The number of hydrogen-bond acceptors (Lipinski definition) is 3. The summed E-state index contributed by atoms with van der Waals surface area (Å²) in [6.07, 6.45) is 2.86. The summed E-state index contributed by atoms with van der Waals surface area (Å²) >= 11 is 0. The molecule has 1 saturated heterocycles. The van der Waals surface area contributed by atoms with Crippen molar-refractivity contribution in [3.8, 4) is 11.1 Å². The van der Waals surface area contributed by atoms with Gasteiger partial charge in [0.2, 0.25) is 0 Å². The van der Waals surface area contributed by atoms with Gasteiger partial charge >= 0.3 is 0 Å². The zero-order valence-corrected chi connectivity index (χ0v) is 13.2. The Hall–Kier alpha value is -1.68. The van der Waals surface area contributed by atoms with Gasteiger partial charge < -0.3 is 14.6 Å². The van der Waals surface area contributed by atoms with E-state index in [-0.39, 0.29) is 0 Å². The van der Waals surface area contributed by atoms with Gasteiger partial charge in [-0.1, -0.05) is 54.6 Å². The zero-order valence-electron chi connectivity index (χ0n) is 13.2. The highest BCUT2D eigenvalue weighted by atomic mass is 16.7. The van der Waals surface area contributed by atoms with Crippen LogP contribution >= 0.6 is 0 Å². The fourth-order valence-corrected chi connectivity index (χ4v) is 3.72. The molecule has 2 fully saturated rings. The van der Waals surface area contributed by atoms with E-state index in [1.807, 2.05) is 18.2 Å². The lowest BCUT2D eigenvalue weighted by molar-refractivity contribution is -0.204. The summed E-state index contributed by atoms with van der Waals surface area (Å²) < 4.78 is 11.5. The highest BCUT2D eigenvalue weighted by Gasteiger charge is 2.46. The molecule has 0 amide bonds. The molecular formula is C20H22O3. The maximum Gasteiger partial charge on any atom is 0.168 e. The Labute approximate surface area is 136 Å². The highest BCUT2D eigenvalue weighted by molar-refractivity contribution is 5.63. The van der Waals surface area contributed by atoms with Crippen molar-refractivity contribution in [2.45, 2.75) is 37.1 Å². The smallest absolute Gasteiger partial charge is 0.168 e. The molecule has 23 heavy (non-hydrogen) atoms. The van der Waals surface area contributed by atoms with Crippen LogP contribution in [0.2, 0.25) is 0 Å². The first kappa shape index (κ1) is 14.9. The van der Waals surface area contributed by atoms with Crippen molar-refractivity contribution in [2.24, 2.45) is 0 Å². The van der Waals surface area contributed by atoms with E-state index in [2.05, 4.69) is 36.4 Å². The van der Waals surface area contributed by atoms with Crippen LogP contribution in [-0.4, -0.2) is 24.1 Å². The molecule has 4 rings (SSSR count).